The SMILES string of the molecule is CCn1nnc2cc(C(=O)Nc3ccc(OC4CCCC4)cc3)ccc21. The van der Waals surface area contributed by atoms with Crippen molar-refractivity contribution in [3.63, 3.8) is 0 Å². The fourth-order valence-corrected chi connectivity index (χ4v) is 3.37. The minimum absolute atomic E-state index is 0.164. The lowest BCUT2D eigenvalue weighted by atomic mass is 10.1. The van der Waals surface area contributed by atoms with Crippen molar-refractivity contribution in [2.45, 2.75) is 45.3 Å². The van der Waals surface area contributed by atoms with Gasteiger partial charge in [0.05, 0.1) is 11.6 Å². The maximum absolute atomic E-state index is 12.5. The summed E-state index contributed by atoms with van der Waals surface area (Å²) < 4.78 is 7.76. The normalized spacial score (nSPS) is 14.7. The number of aryl methyl sites for hydroxylation is 1. The molecule has 0 bridgehead atoms. The van der Waals surface area contributed by atoms with Crippen molar-refractivity contribution >= 4 is 22.6 Å². The molecule has 1 N–H and O–H groups in total. The van der Waals surface area contributed by atoms with Crippen LogP contribution >= 0.6 is 0 Å². The number of anilines is 1. The van der Waals surface area contributed by atoms with Crippen molar-refractivity contribution in [1.82, 2.24) is 15.0 Å². The van der Waals surface area contributed by atoms with Crippen molar-refractivity contribution in [3.05, 3.63) is 48.0 Å². The lowest BCUT2D eigenvalue weighted by Crippen LogP contribution is -2.12. The Bertz CT molecular complexity index is 911. The summed E-state index contributed by atoms with van der Waals surface area (Å²) in [4.78, 5) is 12.5. The van der Waals surface area contributed by atoms with Crippen LogP contribution in [-0.4, -0.2) is 27.0 Å². The third-order valence-electron chi connectivity index (χ3n) is 4.79. The van der Waals surface area contributed by atoms with Crippen LogP contribution in [0.4, 0.5) is 5.69 Å². The van der Waals surface area contributed by atoms with Crippen molar-refractivity contribution in [1.29, 1.82) is 0 Å². The lowest BCUT2D eigenvalue weighted by Gasteiger charge is -2.13. The number of amides is 1. The fourth-order valence-electron chi connectivity index (χ4n) is 3.37. The highest BCUT2D eigenvalue weighted by Gasteiger charge is 2.16. The molecule has 1 aliphatic carbocycles. The van der Waals surface area contributed by atoms with Crippen LogP contribution in [0.3, 0.4) is 0 Å². The van der Waals surface area contributed by atoms with E-state index in [0.29, 0.717) is 11.7 Å². The second-order valence-electron chi connectivity index (χ2n) is 6.61. The minimum atomic E-state index is -0.164. The summed E-state index contributed by atoms with van der Waals surface area (Å²) in [5, 5.41) is 11.1. The Morgan fingerprint density at radius 3 is 2.69 bits per heavy atom. The number of nitrogens with zero attached hydrogens (tertiary/aromatic N) is 3. The number of carbonyl (C=O) groups excluding carboxylic acids is 1. The summed E-state index contributed by atoms with van der Waals surface area (Å²) in [7, 11) is 0. The average Bonchev–Trinajstić information content (AvgIpc) is 3.32. The van der Waals surface area contributed by atoms with E-state index in [9.17, 15) is 4.79 Å². The second kappa shape index (κ2) is 7.15. The Morgan fingerprint density at radius 2 is 1.96 bits per heavy atom. The Kier molecular flexibility index (Phi) is 4.56. The molecule has 1 aromatic heterocycles. The number of carbonyl (C=O) groups is 1. The number of fused-ring (bicyclic) bond motifs is 1. The van der Waals surface area contributed by atoms with Crippen molar-refractivity contribution in [2.75, 3.05) is 5.32 Å². The summed E-state index contributed by atoms with van der Waals surface area (Å²) >= 11 is 0. The van der Waals surface area contributed by atoms with Crippen LogP contribution in [0, 0.1) is 0 Å². The zero-order chi connectivity index (χ0) is 17.9. The molecule has 0 aliphatic heterocycles. The number of hydrogen-bond acceptors (Lipinski definition) is 4. The Balaban J connectivity index is 1.43. The van der Waals surface area contributed by atoms with Crippen LogP contribution in [0.25, 0.3) is 11.0 Å². The van der Waals surface area contributed by atoms with Gasteiger partial charge in [-0.15, -0.1) is 5.10 Å². The summed E-state index contributed by atoms with van der Waals surface area (Å²) in [6.07, 6.45) is 5.08. The van der Waals surface area contributed by atoms with Gasteiger partial charge in [-0.3, -0.25) is 4.79 Å². The zero-order valence-electron chi connectivity index (χ0n) is 14.8. The molecule has 6 nitrogen and oxygen atoms in total. The van der Waals surface area contributed by atoms with Gasteiger partial charge in [0.15, 0.2) is 0 Å². The fraction of sp³-hybridized carbons (Fsp3) is 0.350. The van der Waals surface area contributed by atoms with Gasteiger partial charge in [-0.05, 0) is 75.1 Å². The van der Waals surface area contributed by atoms with Crippen LogP contribution < -0.4 is 10.1 Å². The number of benzene rings is 2. The second-order valence-corrected chi connectivity index (χ2v) is 6.61. The van der Waals surface area contributed by atoms with Gasteiger partial charge in [-0.2, -0.15) is 0 Å². The van der Waals surface area contributed by atoms with Crippen LogP contribution in [0.1, 0.15) is 43.0 Å². The first kappa shape index (κ1) is 16.6. The standard InChI is InChI=1S/C20H22N4O2/c1-2-24-19-12-7-14(13-18(19)22-23-24)20(25)21-15-8-10-17(11-9-15)26-16-5-3-4-6-16/h7-13,16H,2-6H2,1H3,(H,21,25). The van der Waals surface area contributed by atoms with E-state index in [1.165, 1.54) is 12.8 Å². The smallest absolute Gasteiger partial charge is 0.255 e. The summed E-state index contributed by atoms with van der Waals surface area (Å²) in [6.45, 7) is 2.76. The van der Waals surface area contributed by atoms with E-state index in [2.05, 4.69) is 15.6 Å². The average molecular weight is 350 g/mol. The monoisotopic (exact) mass is 350 g/mol. The van der Waals surface area contributed by atoms with E-state index < -0.39 is 0 Å². The number of ether oxygens (including phenoxy) is 1. The highest BCUT2D eigenvalue weighted by molar-refractivity contribution is 6.05. The van der Waals surface area contributed by atoms with Gasteiger partial charge < -0.3 is 10.1 Å². The van der Waals surface area contributed by atoms with Crippen molar-refractivity contribution in [3.8, 4) is 5.75 Å². The maximum atomic E-state index is 12.5. The summed E-state index contributed by atoms with van der Waals surface area (Å²) in [5.41, 5.74) is 2.95. The van der Waals surface area contributed by atoms with E-state index in [-0.39, 0.29) is 5.91 Å². The molecule has 0 radical (unpaired) electrons. The van der Waals surface area contributed by atoms with Gasteiger partial charge in [0.25, 0.3) is 5.91 Å². The van der Waals surface area contributed by atoms with Gasteiger partial charge in [-0.1, -0.05) is 5.21 Å². The zero-order valence-corrected chi connectivity index (χ0v) is 14.8. The highest BCUT2D eigenvalue weighted by Crippen LogP contribution is 2.25. The molecule has 1 fully saturated rings. The van der Waals surface area contributed by atoms with E-state index in [0.717, 1.165) is 41.9 Å². The molecule has 26 heavy (non-hydrogen) atoms. The molecule has 4 rings (SSSR count). The highest BCUT2D eigenvalue weighted by atomic mass is 16.5. The molecule has 0 atom stereocenters. The topological polar surface area (TPSA) is 69.0 Å². The van der Waals surface area contributed by atoms with Crippen LogP contribution in [0.2, 0.25) is 0 Å². The van der Waals surface area contributed by atoms with Gasteiger partial charge in [0.2, 0.25) is 0 Å². The number of nitrogens with one attached hydrogen (secondary N) is 1. The third kappa shape index (κ3) is 3.40. The first-order valence-corrected chi connectivity index (χ1v) is 9.14. The Hall–Kier alpha value is -2.89. The third-order valence-corrected chi connectivity index (χ3v) is 4.79. The summed E-state index contributed by atoms with van der Waals surface area (Å²) in [6, 6.07) is 13.0. The van der Waals surface area contributed by atoms with Crippen LogP contribution in [0.15, 0.2) is 42.5 Å². The molecule has 0 unspecified atom stereocenters. The first-order valence-electron chi connectivity index (χ1n) is 9.14. The molecule has 6 heteroatoms. The van der Waals surface area contributed by atoms with Crippen molar-refractivity contribution in [2.24, 2.45) is 0 Å². The van der Waals surface area contributed by atoms with Crippen molar-refractivity contribution < 1.29 is 9.53 Å². The van der Waals surface area contributed by atoms with Gasteiger partial charge in [0.1, 0.15) is 11.3 Å². The van der Waals surface area contributed by atoms with Crippen LogP contribution in [0.5, 0.6) is 5.75 Å². The largest absolute Gasteiger partial charge is 0.490 e. The van der Waals surface area contributed by atoms with Crippen LogP contribution in [-0.2, 0) is 6.54 Å². The minimum Gasteiger partial charge on any atom is -0.490 e. The van der Waals surface area contributed by atoms with E-state index in [4.69, 9.17) is 4.74 Å². The molecule has 1 heterocycles. The Labute approximate surface area is 152 Å². The van der Waals surface area contributed by atoms with Gasteiger partial charge in [0, 0.05) is 17.8 Å². The maximum Gasteiger partial charge on any atom is 0.255 e. The molecule has 1 saturated carbocycles. The number of rotatable bonds is 5. The quantitative estimate of drug-likeness (QED) is 0.754. The van der Waals surface area contributed by atoms with Gasteiger partial charge in [-0.25, -0.2) is 4.68 Å². The number of aromatic nitrogens is 3. The van der Waals surface area contributed by atoms with E-state index >= 15 is 0 Å². The molecule has 1 amide bonds. The first-order chi connectivity index (χ1) is 12.7. The molecule has 0 saturated heterocycles. The summed E-state index contributed by atoms with van der Waals surface area (Å²) in [5.74, 6) is 0.690. The molecule has 2 aromatic carbocycles. The number of hydrogen-bond donors (Lipinski definition) is 1. The molecular weight excluding hydrogens is 328 g/mol. The molecule has 1 aliphatic rings. The predicted octanol–water partition coefficient (Wildman–Crippen LogP) is 4.02. The van der Waals surface area contributed by atoms with E-state index in [1.807, 2.05) is 37.3 Å². The molecule has 0 spiro atoms. The molecule has 134 valence electrons. The molecular formula is C20H22N4O2. The molecule has 3 aromatic rings. The lowest BCUT2D eigenvalue weighted by molar-refractivity contribution is 0.102. The van der Waals surface area contributed by atoms with Gasteiger partial charge >= 0.3 is 0 Å². The van der Waals surface area contributed by atoms with E-state index in [1.54, 1.807) is 16.8 Å². The Morgan fingerprint density at radius 1 is 1.19 bits per heavy atom. The predicted molar refractivity (Wildman–Crippen MR) is 100 cm³/mol.